The molecule has 3 aromatic rings. The van der Waals surface area contributed by atoms with Gasteiger partial charge in [0.2, 0.25) is 10.0 Å². The molecule has 1 atom stereocenters. The van der Waals surface area contributed by atoms with E-state index >= 15 is 0 Å². The van der Waals surface area contributed by atoms with Crippen molar-refractivity contribution in [3.8, 4) is 0 Å². The molecule has 1 saturated heterocycles. The number of pyridine rings is 1. The average Bonchev–Trinajstić information content (AvgIpc) is 3.07. The minimum absolute atomic E-state index is 0.133. The Morgan fingerprint density at radius 1 is 1.20 bits per heavy atom. The second kappa shape index (κ2) is 6.70. The van der Waals surface area contributed by atoms with Crippen LogP contribution in [0.15, 0.2) is 53.7 Å². The van der Waals surface area contributed by atoms with E-state index in [1.807, 2.05) is 18.2 Å². The maximum atomic E-state index is 12.5. The van der Waals surface area contributed by atoms with Gasteiger partial charge in [-0.15, -0.1) is 0 Å². The summed E-state index contributed by atoms with van der Waals surface area (Å²) < 4.78 is 29.0. The van der Waals surface area contributed by atoms with Crippen LogP contribution in [0.2, 0.25) is 0 Å². The van der Waals surface area contributed by atoms with Gasteiger partial charge >= 0.3 is 0 Å². The topological polar surface area (TPSA) is 75.2 Å². The van der Waals surface area contributed by atoms with Crippen molar-refractivity contribution < 1.29 is 8.42 Å². The number of sulfonamides is 1. The van der Waals surface area contributed by atoms with Crippen molar-refractivity contribution in [2.45, 2.75) is 23.8 Å². The molecule has 0 aliphatic carbocycles. The molecular formula is C17H18N4O2S2. The number of hydrogen-bond donors (Lipinski definition) is 1. The first kappa shape index (κ1) is 16.4. The molecule has 1 aliphatic rings. The van der Waals surface area contributed by atoms with Crippen molar-refractivity contribution in [3.63, 3.8) is 0 Å². The summed E-state index contributed by atoms with van der Waals surface area (Å²) >= 11 is 1.65. The fourth-order valence-corrected chi connectivity index (χ4v) is 5.26. The number of aromatic nitrogens is 2. The first-order valence-corrected chi connectivity index (χ1v) is 10.4. The first-order valence-electron chi connectivity index (χ1n) is 8.15. The maximum absolute atomic E-state index is 12.5. The van der Waals surface area contributed by atoms with Gasteiger partial charge in [-0.1, -0.05) is 23.5 Å². The molecule has 3 heterocycles. The van der Waals surface area contributed by atoms with Crippen LogP contribution >= 0.6 is 11.3 Å². The molecule has 1 N–H and O–H groups in total. The molecular weight excluding hydrogens is 356 g/mol. The van der Waals surface area contributed by atoms with E-state index in [-0.39, 0.29) is 10.9 Å². The third-order valence-corrected chi connectivity index (χ3v) is 6.84. The molecule has 0 spiro atoms. The van der Waals surface area contributed by atoms with Gasteiger partial charge in [-0.25, -0.2) is 18.1 Å². The number of thiazole rings is 1. The van der Waals surface area contributed by atoms with Crippen molar-refractivity contribution >= 4 is 36.7 Å². The van der Waals surface area contributed by atoms with E-state index in [1.165, 1.54) is 6.20 Å². The second-order valence-corrected chi connectivity index (χ2v) is 8.78. The Kier molecular flexibility index (Phi) is 4.41. The number of hydrogen-bond acceptors (Lipinski definition) is 6. The normalized spacial score (nSPS) is 18.6. The molecule has 0 saturated carbocycles. The molecule has 25 heavy (non-hydrogen) atoms. The molecule has 1 unspecified atom stereocenters. The van der Waals surface area contributed by atoms with Gasteiger partial charge in [0.15, 0.2) is 5.13 Å². The van der Waals surface area contributed by atoms with Crippen LogP contribution in [0.3, 0.4) is 0 Å². The van der Waals surface area contributed by atoms with Crippen LogP contribution in [0.1, 0.15) is 12.8 Å². The van der Waals surface area contributed by atoms with E-state index in [4.69, 9.17) is 0 Å². The Morgan fingerprint density at radius 2 is 2.08 bits per heavy atom. The van der Waals surface area contributed by atoms with Gasteiger partial charge in [0.1, 0.15) is 4.90 Å². The fourth-order valence-electron chi connectivity index (χ4n) is 3.04. The monoisotopic (exact) mass is 374 g/mol. The maximum Gasteiger partial charge on any atom is 0.242 e. The molecule has 130 valence electrons. The predicted molar refractivity (Wildman–Crippen MR) is 99.4 cm³/mol. The fraction of sp³-hybridized carbons (Fsp3) is 0.294. The van der Waals surface area contributed by atoms with Crippen LogP contribution in [-0.4, -0.2) is 37.5 Å². The van der Waals surface area contributed by atoms with Crippen LogP contribution in [-0.2, 0) is 10.0 Å². The number of anilines is 1. The van der Waals surface area contributed by atoms with Crippen molar-refractivity contribution in [2.75, 3.05) is 18.0 Å². The molecule has 1 aromatic carbocycles. The van der Waals surface area contributed by atoms with E-state index in [2.05, 4.69) is 25.7 Å². The number of fused-ring (bicyclic) bond motifs is 1. The van der Waals surface area contributed by atoms with Gasteiger partial charge in [-0.2, -0.15) is 0 Å². The van der Waals surface area contributed by atoms with Crippen LogP contribution in [0, 0.1) is 0 Å². The third-order valence-electron chi connectivity index (χ3n) is 4.24. The number of nitrogens with zero attached hydrogens (tertiary/aromatic N) is 3. The summed E-state index contributed by atoms with van der Waals surface area (Å²) in [7, 11) is -3.55. The SMILES string of the molecule is O=S(=O)(NC1CCCN(c2nc3ccccc3s2)C1)c1cccnc1. The van der Waals surface area contributed by atoms with Crippen LogP contribution in [0.4, 0.5) is 5.13 Å². The van der Waals surface area contributed by atoms with Crippen molar-refractivity contribution in [3.05, 3.63) is 48.8 Å². The van der Waals surface area contributed by atoms with E-state index in [0.29, 0.717) is 6.54 Å². The highest BCUT2D eigenvalue weighted by Gasteiger charge is 2.26. The quantitative estimate of drug-likeness (QED) is 0.760. The highest BCUT2D eigenvalue weighted by Crippen LogP contribution is 2.30. The van der Waals surface area contributed by atoms with Crippen molar-refractivity contribution in [1.82, 2.24) is 14.7 Å². The lowest BCUT2D eigenvalue weighted by atomic mass is 10.1. The minimum atomic E-state index is -3.55. The summed E-state index contributed by atoms with van der Waals surface area (Å²) in [6.45, 7) is 1.52. The van der Waals surface area contributed by atoms with Gasteiger partial charge < -0.3 is 4.90 Å². The largest absolute Gasteiger partial charge is 0.346 e. The van der Waals surface area contributed by atoms with Gasteiger partial charge in [0, 0.05) is 31.5 Å². The molecule has 4 rings (SSSR count). The lowest BCUT2D eigenvalue weighted by Gasteiger charge is -2.32. The predicted octanol–water partition coefficient (Wildman–Crippen LogP) is 2.64. The highest BCUT2D eigenvalue weighted by molar-refractivity contribution is 7.89. The third kappa shape index (κ3) is 3.51. The van der Waals surface area contributed by atoms with Crippen LogP contribution in [0.5, 0.6) is 0 Å². The molecule has 0 radical (unpaired) electrons. The van der Waals surface area contributed by atoms with Crippen LogP contribution in [0.25, 0.3) is 10.2 Å². The Balaban J connectivity index is 1.51. The Hall–Kier alpha value is -2.03. The van der Waals surface area contributed by atoms with E-state index in [1.54, 1.807) is 29.7 Å². The van der Waals surface area contributed by atoms with Gasteiger partial charge in [-0.05, 0) is 37.1 Å². The number of benzene rings is 1. The number of para-hydroxylation sites is 1. The standard InChI is InChI=1S/C17H18N4O2S2/c22-25(23,14-6-3-9-18-11-14)20-13-5-4-10-21(12-13)17-19-15-7-1-2-8-16(15)24-17/h1-3,6-9,11,13,20H,4-5,10,12H2. The molecule has 6 nitrogen and oxygen atoms in total. The van der Waals surface area contributed by atoms with E-state index < -0.39 is 10.0 Å². The number of nitrogens with one attached hydrogen (secondary N) is 1. The summed E-state index contributed by atoms with van der Waals surface area (Å²) in [6.07, 6.45) is 4.68. The van der Waals surface area contributed by atoms with E-state index in [0.717, 1.165) is 34.7 Å². The highest BCUT2D eigenvalue weighted by atomic mass is 32.2. The molecule has 1 aliphatic heterocycles. The van der Waals surface area contributed by atoms with Crippen molar-refractivity contribution in [2.24, 2.45) is 0 Å². The zero-order valence-electron chi connectivity index (χ0n) is 13.5. The van der Waals surface area contributed by atoms with Gasteiger partial charge in [0.05, 0.1) is 10.2 Å². The molecule has 8 heteroatoms. The first-order chi connectivity index (χ1) is 12.1. The Morgan fingerprint density at radius 3 is 2.88 bits per heavy atom. The molecule has 0 bridgehead atoms. The summed E-state index contributed by atoms with van der Waals surface area (Å²) in [5.74, 6) is 0. The molecule has 0 amide bonds. The van der Waals surface area contributed by atoms with Crippen LogP contribution < -0.4 is 9.62 Å². The Labute approximate surface area is 150 Å². The number of rotatable bonds is 4. The smallest absolute Gasteiger partial charge is 0.242 e. The summed E-state index contributed by atoms with van der Waals surface area (Å²) in [4.78, 5) is 10.9. The van der Waals surface area contributed by atoms with Gasteiger partial charge in [-0.3, -0.25) is 4.98 Å². The zero-order valence-corrected chi connectivity index (χ0v) is 15.1. The van der Waals surface area contributed by atoms with E-state index in [9.17, 15) is 8.42 Å². The number of piperidine rings is 1. The Bertz CT molecular complexity index is 939. The second-order valence-electron chi connectivity index (χ2n) is 6.06. The lowest BCUT2D eigenvalue weighted by molar-refractivity contribution is 0.465. The zero-order chi connectivity index (χ0) is 17.3. The summed E-state index contributed by atoms with van der Waals surface area (Å²) in [6, 6.07) is 11.1. The summed E-state index contributed by atoms with van der Waals surface area (Å²) in [5.41, 5.74) is 0.987. The summed E-state index contributed by atoms with van der Waals surface area (Å²) in [5, 5.41) is 0.950. The molecule has 1 fully saturated rings. The lowest BCUT2D eigenvalue weighted by Crippen LogP contribution is -2.47. The minimum Gasteiger partial charge on any atom is -0.346 e. The van der Waals surface area contributed by atoms with Crippen molar-refractivity contribution in [1.29, 1.82) is 0 Å². The van der Waals surface area contributed by atoms with Gasteiger partial charge in [0.25, 0.3) is 0 Å². The average molecular weight is 374 g/mol. The molecule has 2 aromatic heterocycles.